The Morgan fingerprint density at radius 1 is 0.727 bits per heavy atom. The van der Waals surface area contributed by atoms with Crippen LogP contribution in [0.25, 0.3) is 0 Å². The Bertz CT molecular complexity index is 524. The van der Waals surface area contributed by atoms with Crippen LogP contribution >= 0.6 is 0 Å². The number of rotatable bonds is 4. The van der Waals surface area contributed by atoms with Crippen LogP contribution in [0.3, 0.4) is 0 Å². The summed E-state index contributed by atoms with van der Waals surface area (Å²) in [7, 11) is 3.02. The molecular formula is C12H12F6O4. The number of benzene rings is 1. The summed E-state index contributed by atoms with van der Waals surface area (Å²) in [6.45, 7) is 0. The van der Waals surface area contributed by atoms with E-state index in [4.69, 9.17) is 4.74 Å². The van der Waals surface area contributed by atoms with Crippen LogP contribution in [0.15, 0.2) is 12.1 Å². The summed E-state index contributed by atoms with van der Waals surface area (Å²) < 4.78 is 91.5. The number of hydrogen-bond acceptors (Lipinski definition) is 4. The number of hydrogen-bond donors (Lipinski definition) is 1. The van der Waals surface area contributed by atoms with Crippen LogP contribution in [0.1, 0.15) is 5.56 Å². The molecule has 0 unspecified atom stereocenters. The standard InChI is InChI=1S/C12H12F6O4/c1-20-7-5-9(22-3)8(21-2)4-6(7)10(19,11(13,14)15)12(16,17)18/h4-5,19H,1-3H3. The van der Waals surface area contributed by atoms with Gasteiger partial charge >= 0.3 is 12.4 Å². The van der Waals surface area contributed by atoms with Crippen LogP contribution in [-0.2, 0) is 5.60 Å². The highest BCUT2D eigenvalue weighted by Crippen LogP contribution is 2.54. The molecule has 1 rings (SSSR count). The van der Waals surface area contributed by atoms with Crippen molar-refractivity contribution < 1.29 is 45.7 Å². The lowest BCUT2D eigenvalue weighted by atomic mass is 9.91. The minimum atomic E-state index is -6.03. The Labute approximate surface area is 121 Å². The van der Waals surface area contributed by atoms with E-state index in [0.717, 1.165) is 27.4 Å². The SMILES string of the molecule is COc1cc(OC)c(C(O)(C(F)(F)F)C(F)(F)F)cc1OC. The minimum Gasteiger partial charge on any atom is -0.496 e. The molecule has 1 aromatic carbocycles. The van der Waals surface area contributed by atoms with Crippen LogP contribution in [0.5, 0.6) is 17.2 Å². The van der Waals surface area contributed by atoms with Gasteiger partial charge < -0.3 is 19.3 Å². The molecule has 0 saturated heterocycles. The number of alkyl halides is 6. The van der Waals surface area contributed by atoms with E-state index >= 15 is 0 Å². The average molecular weight is 334 g/mol. The van der Waals surface area contributed by atoms with Crippen molar-refractivity contribution in [1.29, 1.82) is 0 Å². The zero-order valence-corrected chi connectivity index (χ0v) is 11.6. The maximum absolute atomic E-state index is 12.9. The highest BCUT2D eigenvalue weighted by atomic mass is 19.4. The van der Waals surface area contributed by atoms with Gasteiger partial charge in [0.05, 0.1) is 21.3 Å². The second kappa shape index (κ2) is 5.75. The van der Waals surface area contributed by atoms with Crippen molar-refractivity contribution in [3.05, 3.63) is 17.7 Å². The van der Waals surface area contributed by atoms with Gasteiger partial charge in [0.15, 0.2) is 11.5 Å². The molecule has 0 spiro atoms. The molecule has 0 fully saturated rings. The van der Waals surface area contributed by atoms with E-state index in [0.29, 0.717) is 6.07 Å². The lowest BCUT2D eigenvalue weighted by Gasteiger charge is -2.33. The zero-order valence-electron chi connectivity index (χ0n) is 11.6. The Balaban J connectivity index is 3.77. The lowest BCUT2D eigenvalue weighted by Crippen LogP contribution is -2.54. The van der Waals surface area contributed by atoms with Crippen molar-refractivity contribution in [1.82, 2.24) is 0 Å². The third-order valence-corrected chi connectivity index (χ3v) is 2.92. The largest absolute Gasteiger partial charge is 0.496 e. The highest BCUT2D eigenvalue weighted by Gasteiger charge is 2.72. The zero-order chi connectivity index (χ0) is 17.3. The van der Waals surface area contributed by atoms with Crippen molar-refractivity contribution >= 4 is 0 Å². The second-order valence-corrected chi connectivity index (χ2v) is 4.11. The fraction of sp³-hybridized carbons (Fsp3) is 0.500. The normalized spacial score (nSPS) is 13.0. The molecule has 1 aromatic rings. The fourth-order valence-corrected chi connectivity index (χ4v) is 1.78. The van der Waals surface area contributed by atoms with E-state index in [1.54, 1.807) is 0 Å². The molecule has 22 heavy (non-hydrogen) atoms. The molecule has 0 heterocycles. The van der Waals surface area contributed by atoms with Crippen molar-refractivity contribution in [2.24, 2.45) is 0 Å². The first-order chi connectivity index (χ1) is 9.93. The molecule has 0 bridgehead atoms. The Hall–Kier alpha value is -1.84. The fourth-order valence-electron chi connectivity index (χ4n) is 1.78. The summed E-state index contributed by atoms with van der Waals surface area (Å²) >= 11 is 0. The number of aliphatic hydroxyl groups is 1. The van der Waals surface area contributed by atoms with Gasteiger partial charge in [-0.3, -0.25) is 0 Å². The molecule has 10 heteroatoms. The third kappa shape index (κ3) is 2.74. The summed E-state index contributed by atoms with van der Waals surface area (Å²) in [5, 5.41) is 9.42. The van der Waals surface area contributed by atoms with Crippen molar-refractivity contribution in [3.63, 3.8) is 0 Å². The van der Waals surface area contributed by atoms with Gasteiger partial charge in [-0.15, -0.1) is 0 Å². The van der Waals surface area contributed by atoms with Gasteiger partial charge in [0, 0.05) is 11.6 Å². The minimum absolute atomic E-state index is 0.158. The lowest BCUT2D eigenvalue weighted by molar-refractivity contribution is -0.376. The molecule has 0 aliphatic rings. The van der Waals surface area contributed by atoms with Gasteiger partial charge in [0.25, 0.3) is 5.60 Å². The maximum atomic E-state index is 12.9. The Kier molecular flexibility index (Phi) is 4.76. The summed E-state index contributed by atoms with van der Waals surface area (Å²) in [5.41, 5.74) is -6.67. The molecule has 0 radical (unpaired) electrons. The Morgan fingerprint density at radius 2 is 1.09 bits per heavy atom. The number of methoxy groups -OCH3 is 3. The quantitative estimate of drug-likeness (QED) is 0.860. The van der Waals surface area contributed by atoms with E-state index in [1.807, 2.05) is 0 Å². The molecule has 0 aliphatic heterocycles. The average Bonchev–Trinajstić information content (AvgIpc) is 2.42. The molecule has 0 atom stereocenters. The van der Waals surface area contributed by atoms with Gasteiger partial charge in [-0.05, 0) is 6.07 Å². The third-order valence-electron chi connectivity index (χ3n) is 2.92. The first-order valence-corrected chi connectivity index (χ1v) is 5.60. The molecule has 0 aliphatic carbocycles. The summed E-state index contributed by atoms with van der Waals surface area (Å²) in [6, 6.07) is 1.13. The first kappa shape index (κ1) is 18.2. The Morgan fingerprint density at radius 3 is 1.41 bits per heavy atom. The van der Waals surface area contributed by atoms with Crippen LogP contribution in [0.2, 0.25) is 0 Å². The van der Waals surface area contributed by atoms with Crippen molar-refractivity contribution in [2.75, 3.05) is 21.3 Å². The van der Waals surface area contributed by atoms with E-state index in [2.05, 4.69) is 9.47 Å². The monoisotopic (exact) mass is 334 g/mol. The van der Waals surface area contributed by atoms with E-state index in [9.17, 15) is 31.4 Å². The van der Waals surface area contributed by atoms with Crippen LogP contribution in [0.4, 0.5) is 26.3 Å². The summed E-state index contributed by atoms with van der Waals surface area (Å²) in [6.07, 6.45) is -12.1. The molecular weight excluding hydrogens is 322 g/mol. The van der Waals surface area contributed by atoms with E-state index in [-0.39, 0.29) is 5.75 Å². The predicted molar refractivity (Wildman–Crippen MR) is 62.1 cm³/mol. The number of ether oxygens (including phenoxy) is 3. The van der Waals surface area contributed by atoms with Crippen molar-refractivity contribution in [3.8, 4) is 17.2 Å². The van der Waals surface area contributed by atoms with Gasteiger partial charge in [0.1, 0.15) is 5.75 Å². The summed E-state index contributed by atoms with van der Waals surface area (Å²) in [5.74, 6) is -1.44. The summed E-state index contributed by atoms with van der Waals surface area (Å²) in [4.78, 5) is 0. The molecule has 1 N–H and O–H groups in total. The smallest absolute Gasteiger partial charge is 0.430 e. The molecule has 126 valence electrons. The second-order valence-electron chi connectivity index (χ2n) is 4.11. The molecule has 0 aromatic heterocycles. The highest BCUT2D eigenvalue weighted by molar-refractivity contribution is 5.53. The number of halogens is 6. The van der Waals surface area contributed by atoms with Crippen LogP contribution in [-0.4, -0.2) is 38.8 Å². The van der Waals surface area contributed by atoms with Gasteiger partial charge in [-0.25, -0.2) is 0 Å². The molecule has 0 saturated carbocycles. The van der Waals surface area contributed by atoms with Crippen molar-refractivity contribution in [2.45, 2.75) is 18.0 Å². The topological polar surface area (TPSA) is 47.9 Å². The molecule has 0 amide bonds. The molecule has 4 nitrogen and oxygen atoms in total. The van der Waals surface area contributed by atoms with Crippen LogP contribution < -0.4 is 14.2 Å². The van der Waals surface area contributed by atoms with Gasteiger partial charge in [-0.1, -0.05) is 0 Å². The van der Waals surface area contributed by atoms with Gasteiger partial charge in [0.2, 0.25) is 0 Å². The van der Waals surface area contributed by atoms with E-state index < -0.39 is 35.0 Å². The predicted octanol–water partition coefficient (Wildman–Crippen LogP) is 3.02. The first-order valence-electron chi connectivity index (χ1n) is 5.60. The van der Waals surface area contributed by atoms with E-state index in [1.165, 1.54) is 0 Å². The van der Waals surface area contributed by atoms with Gasteiger partial charge in [-0.2, -0.15) is 26.3 Å². The maximum Gasteiger partial charge on any atom is 0.430 e. The van der Waals surface area contributed by atoms with Crippen LogP contribution in [0, 0.1) is 0 Å².